The molecule has 1 atom stereocenters. The molecule has 3 rings (SSSR count). The molecule has 1 aliphatic rings. The molecule has 1 saturated heterocycles. The average Bonchev–Trinajstić information content (AvgIpc) is 2.72. The number of benzene rings is 2. The molecule has 1 fully saturated rings. The Bertz CT molecular complexity index is 765. The van der Waals surface area contributed by atoms with Crippen molar-refractivity contribution in [2.75, 3.05) is 31.8 Å². The first-order valence-electron chi connectivity index (χ1n) is 9.63. The van der Waals surface area contributed by atoms with Gasteiger partial charge in [0.15, 0.2) is 0 Å². The van der Waals surface area contributed by atoms with Gasteiger partial charge in [-0.3, -0.25) is 0 Å². The summed E-state index contributed by atoms with van der Waals surface area (Å²) in [6.07, 6.45) is 4.79. The molecule has 0 radical (unpaired) electrons. The van der Waals surface area contributed by atoms with Gasteiger partial charge in [0.25, 0.3) is 0 Å². The van der Waals surface area contributed by atoms with E-state index in [2.05, 4.69) is 11.0 Å². The molecule has 0 aromatic heterocycles. The van der Waals surface area contributed by atoms with E-state index in [1.54, 1.807) is 7.11 Å². The predicted molar refractivity (Wildman–Crippen MR) is 111 cm³/mol. The van der Waals surface area contributed by atoms with Crippen LogP contribution in [-0.4, -0.2) is 43.1 Å². The number of hydrogen-bond acceptors (Lipinski definition) is 4. The van der Waals surface area contributed by atoms with Crippen LogP contribution in [0.25, 0.3) is 11.1 Å². The first-order chi connectivity index (χ1) is 13.2. The van der Waals surface area contributed by atoms with Gasteiger partial charge in [0.2, 0.25) is 0 Å². The second kappa shape index (κ2) is 9.45. The number of rotatable bonds is 7. The third-order valence-corrected chi connectivity index (χ3v) is 5.52. The monoisotopic (exact) mass is 389 g/mol. The summed E-state index contributed by atoms with van der Waals surface area (Å²) < 4.78 is 5.63. The van der Waals surface area contributed by atoms with E-state index in [-0.39, 0.29) is 19.3 Å². The van der Waals surface area contributed by atoms with Crippen molar-refractivity contribution in [3.05, 3.63) is 47.0 Å². The number of nitrogens with zero attached hydrogens (tertiary/aromatic N) is 1. The molecule has 2 N–H and O–H groups in total. The fourth-order valence-corrected chi connectivity index (χ4v) is 4.06. The van der Waals surface area contributed by atoms with Gasteiger partial charge in [-0.15, -0.1) is 0 Å². The first-order valence-corrected chi connectivity index (χ1v) is 10.0. The lowest BCUT2D eigenvalue weighted by atomic mass is 9.95. The van der Waals surface area contributed by atoms with Crippen LogP contribution in [0.1, 0.15) is 31.2 Å². The fourth-order valence-electron chi connectivity index (χ4n) is 3.89. The van der Waals surface area contributed by atoms with E-state index in [9.17, 15) is 5.11 Å². The molecule has 2 aromatic rings. The summed E-state index contributed by atoms with van der Waals surface area (Å²) >= 11 is 6.35. The van der Waals surface area contributed by atoms with Crippen LogP contribution in [-0.2, 0) is 6.42 Å². The average molecular weight is 390 g/mol. The summed E-state index contributed by atoms with van der Waals surface area (Å²) in [5.41, 5.74) is 4.25. The number of aliphatic hydroxyl groups is 2. The summed E-state index contributed by atoms with van der Waals surface area (Å²) in [4.78, 5) is 2.30. The molecule has 1 aliphatic heterocycles. The van der Waals surface area contributed by atoms with E-state index in [1.807, 2.05) is 30.3 Å². The van der Waals surface area contributed by atoms with E-state index in [0.29, 0.717) is 5.02 Å². The van der Waals surface area contributed by atoms with Gasteiger partial charge in [-0.05, 0) is 68.0 Å². The molecule has 0 amide bonds. The van der Waals surface area contributed by atoms with Gasteiger partial charge in [-0.2, -0.15) is 0 Å². The van der Waals surface area contributed by atoms with E-state index in [0.717, 1.165) is 66.8 Å². The minimum atomic E-state index is 0.127. The highest BCUT2D eigenvalue weighted by molar-refractivity contribution is 6.31. The number of anilines is 1. The van der Waals surface area contributed by atoms with Crippen molar-refractivity contribution >= 4 is 17.3 Å². The Balaban J connectivity index is 2.09. The molecular formula is C22H28ClNO3. The number of halogens is 1. The van der Waals surface area contributed by atoms with Gasteiger partial charge >= 0.3 is 0 Å². The maximum Gasteiger partial charge on any atom is 0.126 e. The lowest BCUT2D eigenvalue weighted by molar-refractivity contribution is 0.240. The quantitative estimate of drug-likeness (QED) is 0.741. The molecule has 0 aliphatic carbocycles. The lowest BCUT2D eigenvalue weighted by Crippen LogP contribution is -2.42. The van der Waals surface area contributed by atoms with Gasteiger partial charge in [0.1, 0.15) is 5.75 Å². The number of ether oxygens (including phenoxy) is 1. The SMILES string of the molecule is COc1ccc(CCCO)cc1-c1cc(Cl)ccc1N1CCCCC1CO. The Kier molecular flexibility index (Phi) is 7.00. The Hall–Kier alpha value is -1.75. The second-order valence-corrected chi connectivity index (χ2v) is 7.49. The van der Waals surface area contributed by atoms with Crippen LogP contribution in [0, 0.1) is 0 Å². The van der Waals surface area contributed by atoms with Crippen molar-refractivity contribution in [2.45, 2.75) is 38.1 Å². The number of aryl methyl sites for hydroxylation is 1. The first kappa shape index (κ1) is 20.0. The van der Waals surface area contributed by atoms with Gasteiger partial charge in [0.05, 0.1) is 19.8 Å². The molecule has 0 spiro atoms. The summed E-state index contributed by atoms with van der Waals surface area (Å²) in [6.45, 7) is 1.25. The third-order valence-electron chi connectivity index (χ3n) is 5.28. The Morgan fingerprint density at radius 1 is 1.11 bits per heavy atom. The van der Waals surface area contributed by atoms with Crippen molar-refractivity contribution in [1.82, 2.24) is 0 Å². The van der Waals surface area contributed by atoms with Crippen LogP contribution >= 0.6 is 11.6 Å². The molecular weight excluding hydrogens is 362 g/mol. The molecule has 4 nitrogen and oxygen atoms in total. The van der Waals surface area contributed by atoms with Crippen LogP contribution in [0.5, 0.6) is 5.75 Å². The summed E-state index contributed by atoms with van der Waals surface area (Å²) in [6, 6.07) is 12.2. The third kappa shape index (κ3) is 4.57. The van der Waals surface area contributed by atoms with E-state index in [4.69, 9.17) is 21.4 Å². The highest BCUT2D eigenvalue weighted by Gasteiger charge is 2.25. The Labute approximate surface area is 166 Å². The molecule has 1 heterocycles. The maximum atomic E-state index is 9.86. The minimum Gasteiger partial charge on any atom is -0.496 e. The lowest BCUT2D eigenvalue weighted by Gasteiger charge is -2.38. The van der Waals surface area contributed by atoms with E-state index < -0.39 is 0 Å². The van der Waals surface area contributed by atoms with Gasteiger partial charge in [0, 0.05) is 35.0 Å². The normalized spacial score (nSPS) is 17.2. The van der Waals surface area contributed by atoms with E-state index >= 15 is 0 Å². The number of piperidine rings is 1. The molecule has 0 saturated carbocycles. The van der Waals surface area contributed by atoms with Gasteiger partial charge < -0.3 is 19.8 Å². The van der Waals surface area contributed by atoms with Crippen LogP contribution in [0.4, 0.5) is 5.69 Å². The highest BCUT2D eigenvalue weighted by Crippen LogP contribution is 2.41. The zero-order valence-electron chi connectivity index (χ0n) is 15.8. The van der Waals surface area contributed by atoms with Crippen molar-refractivity contribution in [3.8, 4) is 16.9 Å². The van der Waals surface area contributed by atoms with Crippen molar-refractivity contribution in [1.29, 1.82) is 0 Å². The largest absolute Gasteiger partial charge is 0.496 e. The summed E-state index contributed by atoms with van der Waals surface area (Å²) in [7, 11) is 1.67. The molecule has 1 unspecified atom stereocenters. The van der Waals surface area contributed by atoms with Crippen LogP contribution in [0.15, 0.2) is 36.4 Å². The van der Waals surface area contributed by atoms with Crippen molar-refractivity contribution in [3.63, 3.8) is 0 Å². The standard InChI is InChI=1S/C22H28ClNO3/c1-27-22-10-7-16(5-4-12-25)13-20(22)19-14-17(23)8-9-21(19)24-11-3-2-6-18(24)15-26/h7-10,13-14,18,25-26H,2-6,11-12,15H2,1H3. The summed E-state index contributed by atoms with van der Waals surface area (Å²) in [5.74, 6) is 0.795. The molecule has 5 heteroatoms. The maximum absolute atomic E-state index is 9.86. The van der Waals surface area contributed by atoms with Crippen LogP contribution in [0.3, 0.4) is 0 Å². The number of aliphatic hydroxyl groups excluding tert-OH is 2. The van der Waals surface area contributed by atoms with Crippen molar-refractivity contribution < 1.29 is 14.9 Å². The Morgan fingerprint density at radius 3 is 2.70 bits per heavy atom. The minimum absolute atomic E-state index is 0.127. The fraction of sp³-hybridized carbons (Fsp3) is 0.455. The molecule has 27 heavy (non-hydrogen) atoms. The molecule has 146 valence electrons. The number of methoxy groups -OCH3 is 1. The van der Waals surface area contributed by atoms with Gasteiger partial charge in [-0.25, -0.2) is 0 Å². The zero-order valence-corrected chi connectivity index (χ0v) is 16.6. The summed E-state index contributed by atoms with van der Waals surface area (Å²) in [5, 5.41) is 19.7. The number of hydrogen-bond donors (Lipinski definition) is 2. The molecule has 0 bridgehead atoms. The predicted octanol–water partition coefficient (Wildman–Crippen LogP) is 4.29. The second-order valence-electron chi connectivity index (χ2n) is 7.05. The van der Waals surface area contributed by atoms with Crippen LogP contribution in [0.2, 0.25) is 5.02 Å². The van der Waals surface area contributed by atoms with Crippen LogP contribution < -0.4 is 9.64 Å². The topological polar surface area (TPSA) is 52.9 Å². The molecule has 2 aromatic carbocycles. The zero-order chi connectivity index (χ0) is 19.2. The van der Waals surface area contributed by atoms with Crippen molar-refractivity contribution in [2.24, 2.45) is 0 Å². The highest BCUT2D eigenvalue weighted by atomic mass is 35.5. The van der Waals surface area contributed by atoms with E-state index in [1.165, 1.54) is 0 Å². The smallest absolute Gasteiger partial charge is 0.126 e. The van der Waals surface area contributed by atoms with Gasteiger partial charge in [-0.1, -0.05) is 17.7 Å². The Morgan fingerprint density at radius 2 is 1.96 bits per heavy atom.